The van der Waals surface area contributed by atoms with Crippen LogP contribution in [0.1, 0.15) is 55.6 Å². The van der Waals surface area contributed by atoms with E-state index in [2.05, 4.69) is 10.3 Å². The van der Waals surface area contributed by atoms with Gasteiger partial charge >= 0.3 is 5.97 Å². The molecule has 0 radical (unpaired) electrons. The van der Waals surface area contributed by atoms with E-state index in [-0.39, 0.29) is 29.7 Å². The van der Waals surface area contributed by atoms with E-state index in [1.807, 2.05) is 0 Å². The summed E-state index contributed by atoms with van der Waals surface area (Å²) in [7, 11) is 3.16. The minimum atomic E-state index is -0.447. The third-order valence-corrected chi connectivity index (χ3v) is 5.70. The van der Waals surface area contributed by atoms with Crippen LogP contribution in [-0.2, 0) is 21.4 Å². The monoisotopic (exact) mass is 376 g/mol. The molecule has 2 aliphatic rings. The highest BCUT2D eigenvalue weighted by atomic mass is 16.5. The molecule has 1 N–H and O–H groups in total. The van der Waals surface area contributed by atoms with E-state index in [0.717, 1.165) is 38.5 Å². The number of likely N-dealkylation sites (tertiary alicyclic amines) is 1. The molecule has 1 aromatic rings. The number of ether oxygens (including phenoxy) is 1. The van der Waals surface area contributed by atoms with Crippen molar-refractivity contribution in [3.8, 4) is 0 Å². The van der Waals surface area contributed by atoms with Gasteiger partial charge in [-0.15, -0.1) is 0 Å². The number of carbonyl (C=O) groups excluding carboxylic acids is 3. The highest BCUT2D eigenvalue weighted by molar-refractivity contribution is 5.91. The van der Waals surface area contributed by atoms with Crippen molar-refractivity contribution < 1.29 is 19.1 Å². The number of esters is 1. The SMILES string of the molecule is COC(=O)C1CCCCN1C(=O)C1CCC(NC(=O)c2nccn2C)CC1. The molecule has 1 aliphatic carbocycles. The number of imidazole rings is 1. The summed E-state index contributed by atoms with van der Waals surface area (Å²) in [6, 6.07) is -0.395. The second kappa shape index (κ2) is 8.54. The topological polar surface area (TPSA) is 93.5 Å². The van der Waals surface area contributed by atoms with Gasteiger partial charge in [-0.3, -0.25) is 9.59 Å². The van der Waals surface area contributed by atoms with Gasteiger partial charge in [0.25, 0.3) is 5.91 Å². The lowest BCUT2D eigenvalue weighted by Gasteiger charge is -2.38. The van der Waals surface area contributed by atoms with Gasteiger partial charge < -0.3 is 19.5 Å². The summed E-state index contributed by atoms with van der Waals surface area (Å²) in [5.41, 5.74) is 0. The first-order valence-corrected chi connectivity index (χ1v) is 9.67. The Labute approximate surface area is 159 Å². The molecule has 2 heterocycles. The third kappa shape index (κ3) is 4.31. The van der Waals surface area contributed by atoms with Gasteiger partial charge in [-0.1, -0.05) is 0 Å². The molecule has 27 heavy (non-hydrogen) atoms. The van der Waals surface area contributed by atoms with Crippen LogP contribution in [0.2, 0.25) is 0 Å². The zero-order valence-corrected chi connectivity index (χ0v) is 16.0. The van der Waals surface area contributed by atoms with Crippen LogP contribution in [0.4, 0.5) is 0 Å². The average Bonchev–Trinajstić information content (AvgIpc) is 3.13. The minimum absolute atomic E-state index is 0.0519. The first-order valence-electron chi connectivity index (χ1n) is 9.67. The molecule has 1 aromatic heterocycles. The van der Waals surface area contributed by atoms with Gasteiger partial charge in [-0.05, 0) is 44.9 Å². The Morgan fingerprint density at radius 3 is 2.52 bits per heavy atom. The lowest BCUT2D eigenvalue weighted by Crippen LogP contribution is -2.51. The van der Waals surface area contributed by atoms with Crippen LogP contribution < -0.4 is 5.32 Å². The number of piperidine rings is 1. The molecular weight excluding hydrogens is 348 g/mol. The van der Waals surface area contributed by atoms with E-state index in [0.29, 0.717) is 18.8 Å². The molecule has 0 spiro atoms. The summed E-state index contributed by atoms with van der Waals surface area (Å²) in [4.78, 5) is 43.0. The number of hydrogen-bond acceptors (Lipinski definition) is 5. The number of nitrogens with one attached hydrogen (secondary N) is 1. The molecule has 3 rings (SSSR count). The lowest BCUT2D eigenvalue weighted by molar-refractivity contribution is -0.156. The number of amides is 2. The average molecular weight is 376 g/mol. The number of rotatable bonds is 4. The van der Waals surface area contributed by atoms with Crippen molar-refractivity contribution in [2.45, 2.75) is 57.0 Å². The standard InChI is InChI=1S/C19H28N4O4/c1-22-12-10-20-16(22)17(24)21-14-8-6-13(7-9-14)18(25)23-11-4-3-5-15(23)19(26)27-2/h10,12-15H,3-9,11H2,1-2H3,(H,21,24). The fourth-order valence-corrected chi connectivity index (χ4v) is 4.13. The van der Waals surface area contributed by atoms with Crippen molar-refractivity contribution in [1.29, 1.82) is 0 Å². The van der Waals surface area contributed by atoms with Crippen molar-refractivity contribution in [1.82, 2.24) is 19.8 Å². The summed E-state index contributed by atoms with van der Waals surface area (Å²) in [6.45, 7) is 0.619. The second-order valence-corrected chi connectivity index (χ2v) is 7.45. The Bertz CT molecular complexity index is 694. The maximum Gasteiger partial charge on any atom is 0.328 e. The molecule has 1 saturated carbocycles. The molecule has 1 saturated heterocycles. The van der Waals surface area contributed by atoms with E-state index in [1.165, 1.54) is 7.11 Å². The summed E-state index contributed by atoms with van der Waals surface area (Å²) in [6.07, 6.45) is 8.81. The molecule has 1 atom stereocenters. The van der Waals surface area contributed by atoms with E-state index in [4.69, 9.17) is 4.74 Å². The fraction of sp³-hybridized carbons (Fsp3) is 0.684. The number of aryl methyl sites for hydroxylation is 1. The number of methoxy groups -OCH3 is 1. The van der Waals surface area contributed by atoms with Gasteiger partial charge in [0, 0.05) is 37.9 Å². The first kappa shape index (κ1) is 19.4. The Morgan fingerprint density at radius 2 is 1.89 bits per heavy atom. The lowest BCUT2D eigenvalue weighted by atomic mass is 9.84. The molecular formula is C19H28N4O4. The van der Waals surface area contributed by atoms with Crippen molar-refractivity contribution in [2.24, 2.45) is 13.0 Å². The van der Waals surface area contributed by atoms with E-state index in [9.17, 15) is 14.4 Å². The highest BCUT2D eigenvalue weighted by Crippen LogP contribution is 2.29. The van der Waals surface area contributed by atoms with Crippen molar-refractivity contribution in [3.05, 3.63) is 18.2 Å². The molecule has 8 nitrogen and oxygen atoms in total. The van der Waals surface area contributed by atoms with Crippen LogP contribution in [0.3, 0.4) is 0 Å². The summed E-state index contributed by atoms with van der Waals surface area (Å²) >= 11 is 0. The largest absolute Gasteiger partial charge is 0.467 e. The quantitative estimate of drug-likeness (QED) is 0.799. The van der Waals surface area contributed by atoms with Crippen LogP contribution in [0, 0.1) is 5.92 Å². The molecule has 2 amide bonds. The normalized spacial score (nSPS) is 25.7. The summed E-state index contributed by atoms with van der Waals surface area (Å²) in [5, 5.41) is 3.02. The van der Waals surface area contributed by atoms with Gasteiger partial charge in [0.05, 0.1) is 7.11 Å². The molecule has 1 unspecified atom stereocenters. The fourth-order valence-electron chi connectivity index (χ4n) is 4.13. The molecule has 0 bridgehead atoms. The van der Waals surface area contributed by atoms with Gasteiger partial charge in [0.15, 0.2) is 5.82 Å². The molecule has 8 heteroatoms. The van der Waals surface area contributed by atoms with E-state index < -0.39 is 6.04 Å². The molecule has 0 aromatic carbocycles. The van der Waals surface area contributed by atoms with Gasteiger partial charge in [-0.25, -0.2) is 9.78 Å². The zero-order chi connectivity index (χ0) is 19.4. The van der Waals surface area contributed by atoms with Crippen LogP contribution in [-0.4, -0.2) is 58.0 Å². The van der Waals surface area contributed by atoms with Crippen LogP contribution in [0.25, 0.3) is 0 Å². The number of aromatic nitrogens is 2. The highest BCUT2D eigenvalue weighted by Gasteiger charge is 2.37. The second-order valence-electron chi connectivity index (χ2n) is 7.45. The summed E-state index contributed by atoms with van der Waals surface area (Å²) in [5.74, 6) is -0.142. The Balaban J connectivity index is 1.53. The molecule has 2 fully saturated rings. The number of hydrogen-bond donors (Lipinski definition) is 1. The molecule has 1 aliphatic heterocycles. The predicted molar refractivity (Wildman–Crippen MR) is 97.8 cm³/mol. The zero-order valence-electron chi connectivity index (χ0n) is 16.0. The van der Waals surface area contributed by atoms with Crippen LogP contribution in [0.15, 0.2) is 12.4 Å². The van der Waals surface area contributed by atoms with Crippen LogP contribution in [0.5, 0.6) is 0 Å². The summed E-state index contributed by atoms with van der Waals surface area (Å²) < 4.78 is 6.56. The predicted octanol–water partition coefficient (Wildman–Crippen LogP) is 1.26. The van der Waals surface area contributed by atoms with E-state index >= 15 is 0 Å². The van der Waals surface area contributed by atoms with Crippen LogP contribution >= 0.6 is 0 Å². The maximum absolute atomic E-state index is 13.0. The third-order valence-electron chi connectivity index (χ3n) is 5.70. The maximum atomic E-state index is 13.0. The molecule has 148 valence electrons. The number of carbonyl (C=O) groups is 3. The van der Waals surface area contributed by atoms with Crippen molar-refractivity contribution >= 4 is 17.8 Å². The Kier molecular flexibility index (Phi) is 6.13. The van der Waals surface area contributed by atoms with Gasteiger partial charge in [0.2, 0.25) is 5.91 Å². The van der Waals surface area contributed by atoms with Crippen molar-refractivity contribution in [3.63, 3.8) is 0 Å². The van der Waals surface area contributed by atoms with Gasteiger partial charge in [-0.2, -0.15) is 0 Å². The Morgan fingerprint density at radius 1 is 1.15 bits per heavy atom. The number of nitrogens with zero attached hydrogens (tertiary/aromatic N) is 3. The first-order chi connectivity index (χ1) is 13.0. The van der Waals surface area contributed by atoms with E-state index in [1.54, 1.807) is 28.9 Å². The Hall–Kier alpha value is -2.38. The minimum Gasteiger partial charge on any atom is -0.467 e. The van der Waals surface area contributed by atoms with Gasteiger partial charge in [0.1, 0.15) is 6.04 Å². The smallest absolute Gasteiger partial charge is 0.328 e. The van der Waals surface area contributed by atoms with Crippen molar-refractivity contribution in [2.75, 3.05) is 13.7 Å².